The SMILES string of the molecule is CCNC(=NCc1ccc(F)c(CN(C)C)c1)N1CCC(C(=O)OCC)CC1. The highest BCUT2D eigenvalue weighted by molar-refractivity contribution is 5.80. The van der Waals surface area contributed by atoms with E-state index >= 15 is 0 Å². The van der Waals surface area contributed by atoms with Crippen LogP contribution in [0.4, 0.5) is 4.39 Å². The number of hydrogen-bond acceptors (Lipinski definition) is 4. The summed E-state index contributed by atoms with van der Waals surface area (Å²) in [5, 5.41) is 3.33. The minimum absolute atomic E-state index is 0.0234. The molecule has 0 bridgehead atoms. The molecule has 0 aliphatic carbocycles. The lowest BCUT2D eigenvalue weighted by Gasteiger charge is -2.33. The summed E-state index contributed by atoms with van der Waals surface area (Å²) >= 11 is 0. The Morgan fingerprint density at radius 2 is 2.04 bits per heavy atom. The second-order valence-corrected chi connectivity index (χ2v) is 7.35. The van der Waals surface area contributed by atoms with Crippen LogP contribution in [-0.4, -0.2) is 62.1 Å². The van der Waals surface area contributed by atoms with Crippen molar-refractivity contribution in [2.45, 2.75) is 39.8 Å². The standard InChI is InChI=1S/C21H33FN4O2/c1-5-23-21(26-11-9-17(10-12-26)20(27)28-6-2)24-14-16-7-8-19(22)18(13-16)15-25(3)4/h7-8,13,17H,5-6,9-12,14-15H2,1-4H3,(H,23,24). The van der Waals surface area contributed by atoms with Gasteiger partial charge < -0.3 is 19.9 Å². The van der Waals surface area contributed by atoms with Gasteiger partial charge in [0, 0.05) is 31.7 Å². The fourth-order valence-electron chi connectivity index (χ4n) is 3.37. The molecule has 7 heteroatoms. The van der Waals surface area contributed by atoms with Crippen LogP contribution in [0.1, 0.15) is 37.8 Å². The summed E-state index contributed by atoms with van der Waals surface area (Å²) in [4.78, 5) is 20.8. The molecule has 1 aromatic carbocycles. The highest BCUT2D eigenvalue weighted by Gasteiger charge is 2.27. The number of carbonyl (C=O) groups is 1. The van der Waals surface area contributed by atoms with Crippen molar-refractivity contribution in [1.82, 2.24) is 15.1 Å². The molecule has 0 amide bonds. The zero-order valence-electron chi connectivity index (χ0n) is 17.5. The van der Waals surface area contributed by atoms with Crippen molar-refractivity contribution in [1.29, 1.82) is 0 Å². The van der Waals surface area contributed by atoms with E-state index in [0.717, 1.165) is 44.0 Å². The van der Waals surface area contributed by atoms with Crippen molar-refractivity contribution in [3.05, 3.63) is 35.1 Å². The highest BCUT2D eigenvalue weighted by atomic mass is 19.1. The van der Waals surface area contributed by atoms with Gasteiger partial charge in [0.2, 0.25) is 0 Å². The minimum atomic E-state index is -0.186. The molecule has 0 atom stereocenters. The molecule has 2 rings (SSSR count). The Hall–Kier alpha value is -2.15. The van der Waals surface area contributed by atoms with Gasteiger partial charge in [0.1, 0.15) is 5.82 Å². The molecule has 1 fully saturated rings. The molecule has 0 aromatic heterocycles. The van der Waals surface area contributed by atoms with E-state index in [2.05, 4.69) is 10.2 Å². The van der Waals surface area contributed by atoms with Crippen LogP contribution in [0.25, 0.3) is 0 Å². The van der Waals surface area contributed by atoms with Gasteiger partial charge in [0.15, 0.2) is 5.96 Å². The molecule has 1 aromatic rings. The Balaban J connectivity index is 2.02. The summed E-state index contributed by atoms with van der Waals surface area (Å²) < 4.78 is 19.1. The number of benzene rings is 1. The summed E-state index contributed by atoms with van der Waals surface area (Å²) in [6, 6.07) is 5.19. The largest absolute Gasteiger partial charge is 0.466 e. The average Bonchev–Trinajstić information content (AvgIpc) is 2.67. The van der Waals surface area contributed by atoms with E-state index in [9.17, 15) is 9.18 Å². The Morgan fingerprint density at radius 1 is 1.32 bits per heavy atom. The Labute approximate surface area is 167 Å². The van der Waals surface area contributed by atoms with Gasteiger partial charge in [-0.2, -0.15) is 0 Å². The second kappa shape index (κ2) is 11.0. The number of hydrogen-bond donors (Lipinski definition) is 1. The normalized spacial score (nSPS) is 15.8. The number of nitrogens with one attached hydrogen (secondary N) is 1. The van der Waals surface area contributed by atoms with Crippen molar-refractivity contribution in [3.63, 3.8) is 0 Å². The van der Waals surface area contributed by atoms with Crippen LogP contribution in [-0.2, 0) is 22.6 Å². The minimum Gasteiger partial charge on any atom is -0.466 e. The van der Waals surface area contributed by atoms with E-state index in [-0.39, 0.29) is 17.7 Å². The lowest BCUT2D eigenvalue weighted by Crippen LogP contribution is -2.46. The smallest absolute Gasteiger partial charge is 0.309 e. The summed E-state index contributed by atoms with van der Waals surface area (Å²) in [6.45, 7) is 7.65. The predicted octanol–water partition coefficient (Wildman–Crippen LogP) is 2.63. The number of carbonyl (C=O) groups excluding carboxylic acids is 1. The van der Waals surface area contributed by atoms with Crippen LogP contribution >= 0.6 is 0 Å². The third-order valence-electron chi connectivity index (χ3n) is 4.76. The summed E-state index contributed by atoms with van der Waals surface area (Å²) in [5.74, 6) is 0.534. The first kappa shape index (κ1) is 22.1. The third kappa shape index (κ3) is 6.48. The number of nitrogens with zero attached hydrogens (tertiary/aromatic N) is 3. The van der Waals surface area contributed by atoms with Gasteiger partial charge in [-0.3, -0.25) is 4.79 Å². The summed E-state index contributed by atoms with van der Waals surface area (Å²) in [5.41, 5.74) is 1.66. The number of ether oxygens (including phenoxy) is 1. The molecule has 1 aliphatic rings. The molecule has 6 nitrogen and oxygen atoms in total. The Bertz CT molecular complexity index is 670. The highest BCUT2D eigenvalue weighted by Crippen LogP contribution is 2.19. The van der Waals surface area contributed by atoms with Gasteiger partial charge in [0.25, 0.3) is 0 Å². The fourth-order valence-corrected chi connectivity index (χ4v) is 3.37. The van der Waals surface area contributed by atoms with E-state index in [0.29, 0.717) is 25.3 Å². The predicted molar refractivity (Wildman–Crippen MR) is 110 cm³/mol. The average molecular weight is 393 g/mol. The number of rotatable bonds is 7. The van der Waals surface area contributed by atoms with Crippen molar-refractivity contribution in [3.8, 4) is 0 Å². The van der Waals surface area contributed by atoms with Crippen LogP contribution in [0, 0.1) is 11.7 Å². The number of halogens is 1. The van der Waals surface area contributed by atoms with Crippen LogP contribution in [0.15, 0.2) is 23.2 Å². The molecule has 1 saturated heterocycles. The zero-order valence-corrected chi connectivity index (χ0v) is 17.5. The second-order valence-electron chi connectivity index (χ2n) is 7.35. The fraction of sp³-hybridized carbons (Fsp3) is 0.619. The first-order valence-electron chi connectivity index (χ1n) is 10.1. The van der Waals surface area contributed by atoms with Crippen molar-refractivity contribution >= 4 is 11.9 Å². The monoisotopic (exact) mass is 392 g/mol. The number of aliphatic imine (C=N–C) groups is 1. The molecule has 28 heavy (non-hydrogen) atoms. The summed E-state index contributed by atoms with van der Waals surface area (Å²) in [6.07, 6.45) is 1.54. The van der Waals surface area contributed by atoms with E-state index in [1.54, 1.807) is 6.07 Å². The van der Waals surface area contributed by atoms with Gasteiger partial charge in [-0.1, -0.05) is 6.07 Å². The van der Waals surface area contributed by atoms with E-state index in [1.165, 1.54) is 6.07 Å². The van der Waals surface area contributed by atoms with Gasteiger partial charge in [0.05, 0.1) is 19.1 Å². The molecule has 1 N–H and O–H groups in total. The zero-order chi connectivity index (χ0) is 20.5. The molecule has 0 radical (unpaired) electrons. The first-order valence-corrected chi connectivity index (χ1v) is 10.1. The van der Waals surface area contributed by atoms with Crippen LogP contribution in [0.2, 0.25) is 0 Å². The maximum absolute atomic E-state index is 14.0. The number of esters is 1. The maximum atomic E-state index is 14.0. The molecule has 0 spiro atoms. The van der Waals surface area contributed by atoms with Crippen molar-refractivity contribution in [2.24, 2.45) is 10.9 Å². The molecule has 0 saturated carbocycles. The molecular weight excluding hydrogens is 359 g/mol. The number of likely N-dealkylation sites (tertiary alicyclic amines) is 1. The van der Waals surface area contributed by atoms with Gasteiger partial charge >= 0.3 is 5.97 Å². The third-order valence-corrected chi connectivity index (χ3v) is 4.76. The van der Waals surface area contributed by atoms with Crippen LogP contribution < -0.4 is 5.32 Å². The van der Waals surface area contributed by atoms with Crippen LogP contribution in [0.5, 0.6) is 0 Å². The van der Waals surface area contributed by atoms with Crippen molar-refractivity contribution in [2.75, 3.05) is 40.3 Å². The molecule has 0 unspecified atom stereocenters. The first-order chi connectivity index (χ1) is 13.4. The molecule has 1 heterocycles. The molecular formula is C21H33FN4O2. The summed E-state index contributed by atoms with van der Waals surface area (Å²) in [7, 11) is 3.85. The maximum Gasteiger partial charge on any atom is 0.309 e. The van der Waals surface area contributed by atoms with Crippen LogP contribution in [0.3, 0.4) is 0 Å². The lowest BCUT2D eigenvalue weighted by atomic mass is 9.97. The topological polar surface area (TPSA) is 57.2 Å². The van der Waals surface area contributed by atoms with E-state index in [1.807, 2.05) is 38.9 Å². The van der Waals surface area contributed by atoms with Gasteiger partial charge in [-0.15, -0.1) is 0 Å². The Morgan fingerprint density at radius 3 is 2.64 bits per heavy atom. The molecule has 156 valence electrons. The van der Waals surface area contributed by atoms with E-state index < -0.39 is 0 Å². The molecule has 1 aliphatic heterocycles. The lowest BCUT2D eigenvalue weighted by molar-refractivity contribution is -0.149. The van der Waals surface area contributed by atoms with Crippen molar-refractivity contribution < 1.29 is 13.9 Å². The number of piperidine rings is 1. The Kier molecular flexibility index (Phi) is 8.70. The number of guanidine groups is 1. The van der Waals surface area contributed by atoms with E-state index in [4.69, 9.17) is 9.73 Å². The van der Waals surface area contributed by atoms with Gasteiger partial charge in [-0.25, -0.2) is 9.38 Å². The van der Waals surface area contributed by atoms with Gasteiger partial charge in [-0.05, 0) is 58.5 Å². The quantitative estimate of drug-likeness (QED) is 0.439.